The minimum atomic E-state index is 0.251. The quantitative estimate of drug-likeness (QED) is 0.912. The van der Waals surface area contributed by atoms with Crippen molar-refractivity contribution in [2.75, 3.05) is 18.5 Å². The fraction of sp³-hybridized carbons (Fsp3) is 0.294. The van der Waals surface area contributed by atoms with E-state index in [-0.39, 0.29) is 6.04 Å². The van der Waals surface area contributed by atoms with Crippen molar-refractivity contribution in [1.82, 2.24) is 0 Å². The van der Waals surface area contributed by atoms with Crippen molar-refractivity contribution in [3.05, 3.63) is 54.1 Å². The third-order valence-corrected chi connectivity index (χ3v) is 3.43. The molecule has 2 aromatic rings. The lowest BCUT2D eigenvalue weighted by atomic mass is 10.1. The van der Waals surface area contributed by atoms with Crippen LogP contribution in [0.2, 0.25) is 0 Å². The van der Waals surface area contributed by atoms with E-state index in [1.54, 1.807) is 0 Å². The molecule has 0 bridgehead atoms. The van der Waals surface area contributed by atoms with Crippen molar-refractivity contribution in [2.24, 2.45) is 0 Å². The van der Waals surface area contributed by atoms with Gasteiger partial charge in [0.1, 0.15) is 0 Å². The number of rotatable bonds is 3. The molecule has 1 aliphatic rings. The summed E-state index contributed by atoms with van der Waals surface area (Å²) in [5.74, 6) is 1.66. The average molecular weight is 269 g/mol. The van der Waals surface area contributed by atoms with Crippen LogP contribution in [0.15, 0.2) is 48.5 Å². The molecule has 3 nitrogen and oxygen atoms in total. The third kappa shape index (κ3) is 2.87. The molecule has 104 valence electrons. The Morgan fingerprint density at radius 2 is 1.70 bits per heavy atom. The Morgan fingerprint density at radius 1 is 0.950 bits per heavy atom. The Labute approximate surface area is 119 Å². The maximum Gasteiger partial charge on any atom is 0.163 e. The molecule has 0 spiro atoms. The van der Waals surface area contributed by atoms with Crippen molar-refractivity contribution in [3.63, 3.8) is 0 Å². The van der Waals surface area contributed by atoms with Gasteiger partial charge in [0.2, 0.25) is 0 Å². The van der Waals surface area contributed by atoms with E-state index in [0.29, 0.717) is 6.61 Å². The topological polar surface area (TPSA) is 30.5 Å². The molecule has 0 saturated heterocycles. The van der Waals surface area contributed by atoms with Crippen LogP contribution in [0.25, 0.3) is 0 Å². The molecular weight excluding hydrogens is 250 g/mol. The summed E-state index contributed by atoms with van der Waals surface area (Å²) in [5.41, 5.74) is 2.31. The molecule has 1 unspecified atom stereocenters. The molecule has 20 heavy (non-hydrogen) atoms. The lowest BCUT2D eigenvalue weighted by molar-refractivity contribution is 0.297. The molecule has 0 aliphatic carbocycles. The van der Waals surface area contributed by atoms with Crippen LogP contribution in [-0.2, 0) is 0 Å². The van der Waals surface area contributed by atoms with Crippen LogP contribution in [0, 0.1) is 0 Å². The summed E-state index contributed by atoms with van der Waals surface area (Å²) in [6.45, 7) is 3.59. The Hall–Kier alpha value is -2.16. The minimum absolute atomic E-state index is 0.251. The molecule has 0 fully saturated rings. The number of nitrogens with one attached hydrogen (secondary N) is 1. The van der Waals surface area contributed by atoms with Crippen LogP contribution >= 0.6 is 0 Å². The lowest BCUT2D eigenvalue weighted by Crippen LogP contribution is -2.06. The highest BCUT2D eigenvalue weighted by molar-refractivity contribution is 5.55. The summed E-state index contributed by atoms with van der Waals surface area (Å²) in [5, 5.41) is 3.49. The summed E-state index contributed by atoms with van der Waals surface area (Å²) in [4.78, 5) is 0. The van der Waals surface area contributed by atoms with E-state index in [4.69, 9.17) is 9.47 Å². The smallest absolute Gasteiger partial charge is 0.163 e. The molecule has 1 atom stereocenters. The standard InChI is InChI=1S/C17H19NO2/c1-13(14-6-3-2-4-7-14)18-15-8-9-16-17(12-15)20-11-5-10-19-16/h2-4,6-9,12-13,18H,5,10-11H2,1H3. The van der Waals surface area contributed by atoms with Gasteiger partial charge in [-0.1, -0.05) is 30.3 Å². The van der Waals surface area contributed by atoms with Crippen LogP contribution in [-0.4, -0.2) is 13.2 Å². The van der Waals surface area contributed by atoms with E-state index in [1.807, 2.05) is 24.3 Å². The fourth-order valence-electron chi connectivity index (χ4n) is 2.33. The fourth-order valence-corrected chi connectivity index (χ4v) is 2.33. The van der Waals surface area contributed by atoms with Gasteiger partial charge >= 0.3 is 0 Å². The van der Waals surface area contributed by atoms with E-state index in [0.717, 1.165) is 30.2 Å². The zero-order chi connectivity index (χ0) is 13.8. The number of benzene rings is 2. The van der Waals surface area contributed by atoms with Crippen molar-refractivity contribution in [1.29, 1.82) is 0 Å². The van der Waals surface area contributed by atoms with Gasteiger partial charge in [0.25, 0.3) is 0 Å². The Bertz CT molecular complexity index is 568. The number of hydrogen-bond donors (Lipinski definition) is 1. The molecule has 3 rings (SSSR count). The first-order valence-electron chi connectivity index (χ1n) is 7.04. The normalized spacial score (nSPS) is 15.2. The van der Waals surface area contributed by atoms with Gasteiger partial charge in [-0.25, -0.2) is 0 Å². The highest BCUT2D eigenvalue weighted by Crippen LogP contribution is 2.33. The predicted octanol–water partition coefficient (Wildman–Crippen LogP) is 4.02. The van der Waals surface area contributed by atoms with E-state index in [2.05, 4.69) is 36.5 Å². The summed E-state index contributed by atoms with van der Waals surface area (Å²) in [6, 6.07) is 16.7. The summed E-state index contributed by atoms with van der Waals surface area (Å²) >= 11 is 0. The lowest BCUT2D eigenvalue weighted by Gasteiger charge is -2.17. The van der Waals surface area contributed by atoms with Crippen LogP contribution in [0.3, 0.4) is 0 Å². The Morgan fingerprint density at radius 3 is 2.50 bits per heavy atom. The zero-order valence-corrected chi connectivity index (χ0v) is 11.6. The average Bonchev–Trinajstić information content (AvgIpc) is 2.73. The monoisotopic (exact) mass is 269 g/mol. The van der Waals surface area contributed by atoms with Gasteiger partial charge in [-0.15, -0.1) is 0 Å². The second-order valence-corrected chi connectivity index (χ2v) is 4.99. The maximum absolute atomic E-state index is 5.71. The summed E-state index contributed by atoms with van der Waals surface area (Å²) in [7, 11) is 0. The predicted molar refractivity (Wildman–Crippen MR) is 80.5 cm³/mol. The van der Waals surface area contributed by atoms with Crippen molar-refractivity contribution >= 4 is 5.69 Å². The molecule has 0 amide bonds. The Kier molecular flexibility index (Phi) is 3.77. The number of hydrogen-bond acceptors (Lipinski definition) is 3. The molecule has 1 aliphatic heterocycles. The Balaban J connectivity index is 1.76. The van der Waals surface area contributed by atoms with Gasteiger partial charge in [-0.3, -0.25) is 0 Å². The minimum Gasteiger partial charge on any atom is -0.490 e. The van der Waals surface area contributed by atoms with E-state index >= 15 is 0 Å². The van der Waals surface area contributed by atoms with Crippen LogP contribution in [0.4, 0.5) is 5.69 Å². The molecule has 3 heteroatoms. The van der Waals surface area contributed by atoms with E-state index < -0.39 is 0 Å². The van der Waals surface area contributed by atoms with Gasteiger partial charge in [0.05, 0.1) is 13.2 Å². The molecule has 0 aromatic heterocycles. The zero-order valence-electron chi connectivity index (χ0n) is 11.6. The number of fused-ring (bicyclic) bond motifs is 1. The van der Waals surface area contributed by atoms with Gasteiger partial charge in [0, 0.05) is 24.2 Å². The summed E-state index contributed by atoms with van der Waals surface area (Å²) in [6.07, 6.45) is 0.928. The molecule has 1 heterocycles. The largest absolute Gasteiger partial charge is 0.490 e. The van der Waals surface area contributed by atoms with Gasteiger partial charge in [-0.2, -0.15) is 0 Å². The summed E-state index contributed by atoms with van der Waals surface area (Å²) < 4.78 is 11.4. The molecule has 0 saturated carbocycles. The highest BCUT2D eigenvalue weighted by Gasteiger charge is 2.12. The van der Waals surface area contributed by atoms with Crippen LogP contribution < -0.4 is 14.8 Å². The first-order chi connectivity index (χ1) is 9.83. The van der Waals surface area contributed by atoms with Crippen LogP contribution in [0.5, 0.6) is 11.5 Å². The first kappa shape index (κ1) is 12.9. The van der Waals surface area contributed by atoms with Crippen molar-refractivity contribution in [3.8, 4) is 11.5 Å². The van der Waals surface area contributed by atoms with E-state index in [9.17, 15) is 0 Å². The van der Waals surface area contributed by atoms with Crippen molar-refractivity contribution < 1.29 is 9.47 Å². The van der Waals surface area contributed by atoms with Crippen molar-refractivity contribution in [2.45, 2.75) is 19.4 Å². The SMILES string of the molecule is CC(Nc1ccc2c(c1)OCCCO2)c1ccccc1. The van der Waals surface area contributed by atoms with Gasteiger partial charge < -0.3 is 14.8 Å². The number of ether oxygens (including phenoxy) is 2. The van der Waals surface area contributed by atoms with Gasteiger partial charge in [0.15, 0.2) is 11.5 Å². The van der Waals surface area contributed by atoms with Gasteiger partial charge in [-0.05, 0) is 24.6 Å². The second kappa shape index (κ2) is 5.87. The number of anilines is 1. The second-order valence-electron chi connectivity index (χ2n) is 4.99. The molecule has 1 N–H and O–H groups in total. The first-order valence-corrected chi connectivity index (χ1v) is 7.04. The van der Waals surface area contributed by atoms with E-state index in [1.165, 1.54) is 5.56 Å². The highest BCUT2D eigenvalue weighted by atomic mass is 16.5. The molecular formula is C17H19NO2. The molecule has 2 aromatic carbocycles. The van der Waals surface area contributed by atoms with Crippen LogP contribution in [0.1, 0.15) is 24.9 Å². The third-order valence-electron chi connectivity index (χ3n) is 3.43. The molecule has 0 radical (unpaired) electrons. The maximum atomic E-state index is 5.71.